The lowest BCUT2D eigenvalue weighted by Crippen LogP contribution is -2.49. The van der Waals surface area contributed by atoms with Crippen LogP contribution in [-0.2, 0) is 17.9 Å². The molecule has 0 unspecified atom stereocenters. The highest BCUT2D eigenvalue weighted by Crippen LogP contribution is 2.33. The predicted octanol–water partition coefficient (Wildman–Crippen LogP) is 3.12. The van der Waals surface area contributed by atoms with Crippen molar-refractivity contribution in [1.82, 2.24) is 14.7 Å². The number of carbonyl (C=O) groups is 1. The van der Waals surface area contributed by atoms with E-state index in [9.17, 15) is 4.79 Å². The summed E-state index contributed by atoms with van der Waals surface area (Å²) in [4.78, 5) is 14.6. The Hall–Kier alpha value is -3.28. The van der Waals surface area contributed by atoms with E-state index < -0.39 is 6.10 Å². The third-order valence-electron chi connectivity index (χ3n) is 4.76. The SMILES string of the molecule is C[C@H]1Oc2ccccc2O[C@H]1C(=O)N(C)Cc1cnn(Cc2ccccc2)c1. The number of nitrogens with zero attached hydrogens (tertiary/aromatic N) is 3. The number of carbonyl (C=O) groups excluding carboxylic acids is 1. The third kappa shape index (κ3) is 3.86. The molecule has 0 fully saturated rings. The first-order chi connectivity index (χ1) is 13.6. The molecule has 1 amide bonds. The normalized spacial score (nSPS) is 17.9. The Bertz CT molecular complexity index is 954. The fraction of sp³-hybridized carbons (Fsp3) is 0.273. The second-order valence-electron chi connectivity index (χ2n) is 7.03. The lowest BCUT2D eigenvalue weighted by Gasteiger charge is -2.33. The number of hydrogen-bond donors (Lipinski definition) is 0. The van der Waals surface area contributed by atoms with Gasteiger partial charge in [0, 0.05) is 25.4 Å². The molecule has 0 saturated heterocycles. The average Bonchev–Trinajstić information content (AvgIpc) is 3.14. The van der Waals surface area contributed by atoms with Gasteiger partial charge in [-0.3, -0.25) is 9.48 Å². The number of aromatic nitrogens is 2. The van der Waals surface area contributed by atoms with Crippen LogP contribution in [0.15, 0.2) is 67.0 Å². The smallest absolute Gasteiger partial charge is 0.267 e. The average molecular weight is 377 g/mol. The van der Waals surface area contributed by atoms with E-state index >= 15 is 0 Å². The van der Waals surface area contributed by atoms with Crippen molar-refractivity contribution in [3.8, 4) is 11.5 Å². The number of hydrogen-bond acceptors (Lipinski definition) is 4. The molecule has 0 radical (unpaired) electrons. The summed E-state index contributed by atoms with van der Waals surface area (Å²) in [5, 5.41) is 4.40. The molecule has 1 aliphatic heterocycles. The summed E-state index contributed by atoms with van der Waals surface area (Å²) in [6, 6.07) is 17.6. The lowest BCUT2D eigenvalue weighted by atomic mass is 10.1. The number of likely N-dealkylation sites (N-methyl/N-ethyl adjacent to an activating group) is 1. The Balaban J connectivity index is 1.40. The molecule has 0 aliphatic carbocycles. The molecule has 0 spiro atoms. The van der Waals surface area contributed by atoms with Crippen molar-refractivity contribution >= 4 is 5.91 Å². The predicted molar refractivity (Wildman–Crippen MR) is 105 cm³/mol. The molecule has 2 heterocycles. The van der Waals surface area contributed by atoms with E-state index in [-0.39, 0.29) is 12.0 Å². The van der Waals surface area contributed by atoms with Gasteiger partial charge >= 0.3 is 0 Å². The summed E-state index contributed by atoms with van der Waals surface area (Å²) in [5.41, 5.74) is 2.15. The van der Waals surface area contributed by atoms with E-state index in [2.05, 4.69) is 17.2 Å². The van der Waals surface area contributed by atoms with Crippen molar-refractivity contribution in [2.24, 2.45) is 0 Å². The number of benzene rings is 2. The van der Waals surface area contributed by atoms with Gasteiger partial charge in [0.15, 0.2) is 11.5 Å². The zero-order valence-electron chi connectivity index (χ0n) is 16.0. The van der Waals surface area contributed by atoms with E-state index in [4.69, 9.17) is 9.47 Å². The summed E-state index contributed by atoms with van der Waals surface area (Å²) in [7, 11) is 1.77. The van der Waals surface area contributed by atoms with E-state index in [1.54, 1.807) is 18.1 Å². The molecule has 0 N–H and O–H groups in total. The molecule has 3 aromatic rings. The van der Waals surface area contributed by atoms with E-state index in [0.717, 1.165) is 5.56 Å². The number of amides is 1. The Morgan fingerprint density at radius 2 is 1.71 bits per heavy atom. The van der Waals surface area contributed by atoms with Crippen LogP contribution in [0.25, 0.3) is 0 Å². The van der Waals surface area contributed by atoms with Crippen LogP contribution in [0.3, 0.4) is 0 Å². The van der Waals surface area contributed by atoms with E-state index in [1.807, 2.05) is 60.3 Å². The topological polar surface area (TPSA) is 56.6 Å². The van der Waals surface area contributed by atoms with Crippen LogP contribution >= 0.6 is 0 Å². The molecule has 6 heteroatoms. The second-order valence-corrected chi connectivity index (χ2v) is 7.03. The molecule has 144 valence electrons. The van der Waals surface area contributed by atoms with Crippen molar-refractivity contribution in [1.29, 1.82) is 0 Å². The maximum Gasteiger partial charge on any atom is 0.267 e. The summed E-state index contributed by atoms with van der Waals surface area (Å²) < 4.78 is 13.6. The molecule has 0 bridgehead atoms. The number of fused-ring (bicyclic) bond motifs is 1. The number of ether oxygens (including phenoxy) is 2. The van der Waals surface area contributed by atoms with Gasteiger partial charge in [-0.1, -0.05) is 42.5 Å². The maximum atomic E-state index is 12.9. The van der Waals surface area contributed by atoms with Crippen molar-refractivity contribution in [2.45, 2.75) is 32.2 Å². The van der Waals surface area contributed by atoms with Crippen LogP contribution in [0, 0.1) is 0 Å². The van der Waals surface area contributed by atoms with Gasteiger partial charge in [-0.25, -0.2) is 0 Å². The van der Waals surface area contributed by atoms with Crippen LogP contribution in [0.1, 0.15) is 18.1 Å². The highest BCUT2D eigenvalue weighted by molar-refractivity contribution is 5.82. The monoisotopic (exact) mass is 377 g/mol. The molecule has 1 aliphatic rings. The second kappa shape index (κ2) is 7.76. The summed E-state index contributed by atoms with van der Waals surface area (Å²) >= 11 is 0. The fourth-order valence-electron chi connectivity index (χ4n) is 3.30. The minimum Gasteiger partial charge on any atom is -0.482 e. The molecule has 2 aromatic carbocycles. The summed E-state index contributed by atoms with van der Waals surface area (Å²) in [5.74, 6) is 1.16. The van der Waals surface area contributed by atoms with Gasteiger partial charge in [0.1, 0.15) is 6.10 Å². The maximum absolute atomic E-state index is 12.9. The van der Waals surface area contributed by atoms with Gasteiger partial charge < -0.3 is 14.4 Å². The summed E-state index contributed by atoms with van der Waals surface area (Å²) in [6.07, 6.45) is 2.74. The Kier molecular flexibility index (Phi) is 5.02. The quantitative estimate of drug-likeness (QED) is 0.686. The highest BCUT2D eigenvalue weighted by Gasteiger charge is 2.35. The van der Waals surface area contributed by atoms with E-state index in [1.165, 1.54) is 5.56 Å². The zero-order valence-corrected chi connectivity index (χ0v) is 16.0. The standard InChI is InChI=1S/C22H23N3O3/c1-16-21(28-20-11-7-6-10-19(20)27-16)22(26)24(2)13-18-12-23-25(15-18)14-17-8-4-3-5-9-17/h3-12,15-16,21H,13-14H2,1-2H3/t16-,21-/m1/s1. The molecular formula is C22H23N3O3. The van der Waals surface area contributed by atoms with Crippen molar-refractivity contribution < 1.29 is 14.3 Å². The number of para-hydroxylation sites is 2. The van der Waals surface area contributed by atoms with Crippen molar-refractivity contribution in [3.05, 3.63) is 78.1 Å². The van der Waals surface area contributed by atoms with Crippen LogP contribution in [0.2, 0.25) is 0 Å². The zero-order chi connectivity index (χ0) is 19.5. The van der Waals surface area contributed by atoms with Gasteiger partial charge in [-0.2, -0.15) is 5.10 Å². The largest absolute Gasteiger partial charge is 0.482 e. The Morgan fingerprint density at radius 1 is 1.04 bits per heavy atom. The molecule has 4 rings (SSSR count). The lowest BCUT2D eigenvalue weighted by molar-refractivity contribution is -0.143. The molecule has 1 aromatic heterocycles. The Labute approximate surface area is 164 Å². The first-order valence-corrected chi connectivity index (χ1v) is 9.33. The van der Waals surface area contributed by atoms with Crippen molar-refractivity contribution in [2.75, 3.05) is 7.05 Å². The minimum atomic E-state index is -0.667. The Morgan fingerprint density at radius 3 is 2.46 bits per heavy atom. The van der Waals surface area contributed by atoms with Gasteiger partial charge in [0.05, 0.1) is 12.7 Å². The van der Waals surface area contributed by atoms with Crippen molar-refractivity contribution in [3.63, 3.8) is 0 Å². The van der Waals surface area contributed by atoms with Gasteiger partial charge in [-0.15, -0.1) is 0 Å². The van der Waals surface area contributed by atoms with Gasteiger partial charge in [0.2, 0.25) is 6.10 Å². The molecule has 0 saturated carbocycles. The summed E-state index contributed by atoms with van der Waals surface area (Å²) in [6.45, 7) is 3.01. The van der Waals surface area contributed by atoms with Crippen LogP contribution in [-0.4, -0.2) is 39.8 Å². The van der Waals surface area contributed by atoms with Crippen LogP contribution in [0.5, 0.6) is 11.5 Å². The van der Waals surface area contributed by atoms with Crippen LogP contribution in [0.4, 0.5) is 0 Å². The first kappa shape index (κ1) is 18.1. The number of rotatable bonds is 5. The van der Waals surface area contributed by atoms with Gasteiger partial charge in [-0.05, 0) is 24.6 Å². The molecular weight excluding hydrogens is 354 g/mol. The van der Waals surface area contributed by atoms with E-state index in [0.29, 0.717) is 24.6 Å². The first-order valence-electron chi connectivity index (χ1n) is 9.33. The van der Waals surface area contributed by atoms with Crippen LogP contribution < -0.4 is 9.47 Å². The van der Waals surface area contributed by atoms with Gasteiger partial charge in [0.25, 0.3) is 5.91 Å². The molecule has 6 nitrogen and oxygen atoms in total. The molecule has 28 heavy (non-hydrogen) atoms. The third-order valence-corrected chi connectivity index (χ3v) is 4.76. The highest BCUT2D eigenvalue weighted by atomic mass is 16.6. The molecule has 2 atom stereocenters. The minimum absolute atomic E-state index is 0.113. The fourth-order valence-corrected chi connectivity index (χ4v) is 3.30.